The van der Waals surface area contributed by atoms with Gasteiger partial charge in [0.25, 0.3) is 0 Å². The summed E-state index contributed by atoms with van der Waals surface area (Å²) in [6.45, 7) is 2.48. The van der Waals surface area contributed by atoms with Crippen molar-refractivity contribution in [1.29, 1.82) is 0 Å². The highest BCUT2D eigenvalue weighted by Crippen LogP contribution is 2.34. The van der Waals surface area contributed by atoms with Crippen LogP contribution in [-0.4, -0.2) is 9.55 Å². The average molecular weight is 404 g/mol. The third kappa shape index (κ3) is 3.71. The number of nitrogens with one attached hydrogen (secondary N) is 1. The summed E-state index contributed by atoms with van der Waals surface area (Å²) in [5.74, 6) is -0.914. The number of halogens is 6. The lowest BCUT2D eigenvalue weighted by atomic mass is 10.1. The van der Waals surface area contributed by atoms with Crippen LogP contribution in [0, 0.1) is 13.8 Å². The second-order valence-corrected chi connectivity index (χ2v) is 6.29. The van der Waals surface area contributed by atoms with Crippen molar-refractivity contribution < 1.29 is 30.8 Å². The van der Waals surface area contributed by atoms with E-state index in [4.69, 9.17) is 4.42 Å². The first kappa shape index (κ1) is 19.8. The van der Waals surface area contributed by atoms with Crippen LogP contribution in [0.3, 0.4) is 0 Å². The molecule has 3 aromatic rings. The maximum Gasteiger partial charge on any atom is 0.420 e. The number of alkyl halides is 6. The Morgan fingerprint density at radius 3 is 2.14 bits per heavy atom. The van der Waals surface area contributed by atoms with Gasteiger partial charge in [0, 0.05) is 17.0 Å². The molecule has 0 aliphatic rings. The minimum atomic E-state index is -4.60. The maximum absolute atomic E-state index is 13.1. The molecule has 28 heavy (non-hydrogen) atoms. The van der Waals surface area contributed by atoms with Gasteiger partial charge in [0.1, 0.15) is 0 Å². The van der Waals surface area contributed by atoms with E-state index >= 15 is 0 Å². The summed E-state index contributed by atoms with van der Waals surface area (Å²) in [4.78, 5) is 14.7. The van der Waals surface area contributed by atoms with Gasteiger partial charge in [-0.2, -0.15) is 26.3 Å². The van der Waals surface area contributed by atoms with Crippen molar-refractivity contribution in [3.8, 4) is 11.3 Å². The van der Waals surface area contributed by atoms with Crippen LogP contribution in [0.5, 0.6) is 0 Å². The fourth-order valence-corrected chi connectivity index (χ4v) is 2.92. The molecule has 1 N–H and O–H groups in total. The standard InChI is InChI=1S/C18H14F6N2O2/c1-9-7-13(18(22,23)24)14(25-9)8-26-10(2)15(28-16(26)27)11-3-5-12(6-4-11)17(19,20)21/h3-7,25H,8H2,1-2H3. The Labute approximate surface area is 154 Å². The molecule has 0 aliphatic carbocycles. The summed E-state index contributed by atoms with van der Waals surface area (Å²) in [5, 5.41) is 0. The van der Waals surface area contributed by atoms with Crippen molar-refractivity contribution in [2.75, 3.05) is 0 Å². The molecule has 0 saturated heterocycles. The predicted octanol–water partition coefficient (Wildman–Crippen LogP) is 5.14. The lowest BCUT2D eigenvalue weighted by Crippen LogP contribution is -2.19. The molecular formula is C18H14F6N2O2. The van der Waals surface area contributed by atoms with E-state index in [0.717, 1.165) is 34.9 Å². The normalized spacial score (nSPS) is 12.6. The molecule has 0 atom stereocenters. The van der Waals surface area contributed by atoms with Gasteiger partial charge in [-0.05, 0) is 32.0 Å². The van der Waals surface area contributed by atoms with Crippen LogP contribution in [0.15, 0.2) is 39.5 Å². The highest BCUT2D eigenvalue weighted by molar-refractivity contribution is 5.60. The van der Waals surface area contributed by atoms with Gasteiger partial charge in [0.05, 0.1) is 23.4 Å². The summed E-state index contributed by atoms with van der Waals surface area (Å²) in [6.07, 6.45) is -9.11. The zero-order chi connectivity index (χ0) is 20.9. The van der Waals surface area contributed by atoms with Gasteiger partial charge < -0.3 is 9.40 Å². The number of rotatable bonds is 3. The topological polar surface area (TPSA) is 50.9 Å². The van der Waals surface area contributed by atoms with Crippen molar-refractivity contribution >= 4 is 0 Å². The molecule has 2 heterocycles. The molecular weight excluding hydrogens is 390 g/mol. The Morgan fingerprint density at radius 1 is 1.00 bits per heavy atom. The SMILES string of the molecule is Cc1cc(C(F)(F)F)c(Cn2c(C)c(-c3ccc(C(F)(F)F)cc3)oc2=O)[nH]1. The van der Waals surface area contributed by atoms with Gasteiger partial charge in [-0.25, -0.2) is 4.79 Å². The number of aryl methyl sites for hydroxylation is 1. The third-order valence-corrected chi connectivity index (χ3v) is 4.27. The predicted molar refractivity (Wildman–Crippen MR) is 87.8 cm³/mol. The van der Waals surface area contributed by atoms with Crippen molar-refractivity contribution in [3.63, 3.8) is 0 Å². The molecule has 0 amide bonds. The molecule has 0 unspecified atom stereocenters. The van der Waals surface area contributed by atoms with Gasteiger partial charge >= 0.3 is 18.1 Å². The molecule has 0 saturated carbocycles. The van der Waals surface area contributed by atoms with Crippen molar-refractivity contribution in [2.24, 2.45) is 0 Å². The molecule has 0 spiro atoms. The van der Waals surface area contributed by atoms with Crippen molar-refractivity contribution in [2.45, 2.75) is 32.7 Å². The average Bonchev–Trinajstić information content (AvgIpc) is 3.09. The molecule has 0 bridgehead atoms. The molecule has 4 nitrogen and oxygen atoms in total. The molecule has 1 aromatic carbocycles. The number of hydrogen-bond acceptors (Lipinski definition) is 2. The Kier molecular flexibility index (Phi) is 4.68. The van der Waals surface area contributed by atoms with E-state index < -0.39 is 35.8 Å². The molecule has 0 radical (unpaired) electrons. The summed E-state index contributed by atoms with van der Waals surface area (Å²) in [6, 6.07) is 4.88. The highest BCUT2D eigenvalue weighted by atomic mass is 19.4. The second-order valence-electron chi connectivity index (χ2n) is 6.29. The number of H-pyrrole nitrogens is 1. The van der Waals surface area contributed by atoms with E-state index in [9.17, 15) is 31.1 Å². The van der Waals surface area contributed by atoms with Crippen LogP contribution in [0.4, 0.5) is 26.3 Å². The molecule has 0 fully saturated rings. The largest absolute Gasteiger partial charge is 0.420 e. The van der Waals surface area contributed by atoms with E-state index in [1.54, 1.807) is 0 Å². The number of nitrogens with zero attached hydrogens (tertiary/aromatic N) is 1. The smallest absolute Gasteiger partial charge is 0.407 e. The zero-order valence-corrected chi connectivity index (χ0v) is 14.6. The summed E-state index contributed by atoms with van der Waals surface area (Å²) in [5.41, 5.74) is -1.29. The van der Waals surface area contributed by atoms with E-state index in [-0.39, 0.29) is 28.4 Å². The van der Waals surface area contributed by atoms with Crippen LogP contribution in [-0.2, 0) is 18.9 Å². The number of aromatic nitrogens is 2. The van der Waals surface area contributed by atoms with Gasteiger partial charge in [-0.1, -0.05) is 12.1 Å². The summed E-state index contributed by atoms with van der Waals surface area (Å²) in [7, 11) is 0. The van der Waals surface area contributed by atoms with E-state index in [1.807, 2.05) is 0 Å². The van der Waals surface area contributed by atoms with Gasteiger partial charge in [0.2, 0.25) is 0 Å². The Balaban J connectivity index is 1.99. The highest BCUT2D eigenvalue weighted by Gasteiger charge is 2.35. The summed E-state index contributed by atoms with van der Waals surface area (Å²) >= 11 is 0. The minimum Gasteiger partial charge on any atom is -0.407 e. The van der Waals surface area contributed by atoms with Gasteiger partial charge in [0.15, 0.2) is 5.76 Å². The second kappa shape index (κ2) is 6.61. The van der Waals surface area contributed by atoms with E-state index in [2.05, 4.69) is 4.98 Å². The molecule has 150 valence electrons. The number of aromatic amines is 1. The van der Waals surface area contributed by atoms with Crippen LogP contribution >= 0.6 is 0 Å². The lowest BCUT2D eigenvalue weighted by molar-refractivity contribution is -0.138. The van der Waals surface area contributed by atoms with Crippen LogP contribution in [0.2, 0.25) is 0 Å². The minimum absolute atomic E-state index is 0.00411. The van der Waals surface area contributed by atoms with Crippen molar-refractivity contribution in [1.82, 2.24) is 9.55 Å². The third-order valence-electron chi connectivity index (χ3n) is 4.27. The van der Waals surface area contributed by atoms with Crippen LogP contribution < -0.4 is 5.76 Å². The fraction of sp³-hybridized carbons (Fsp3) is 0.278. The molecule has 10 heteroatoms. The Morgan fingerprint density at radius 2 is 1.61 bits per heavy atom. The Hall–Kier alpha value is -2.91. The number of oxazole rings is 1. The first-order chi connectivity index (χ1) is 12.9. The fourth-order valence-electron chi connectivity index (χ4n) is 2.92. The van der Waals surface area contributed by atoms with Crippen LogP contribution in [0.25, 0.3) is 11.3 Å². The van der Waals surface area contributed by atoms with Gasteiger partial charge in [-0.15, -0.1) is 0 Å². The van der Waals surface area contributed by atoms with E-state index in [1.165, 1.54) is 13.8 Å². The Bertz CT molecular complexity index is 1050. The van der Waals surface area contributed by atoms with Crippen LogP contribution in [0.1, 0.15) is 28.2 Å². The first-order valence-electron chi connectivity index (χ1n) is 8.01. The molecule has 3 rings (SSSR count). The number of benzene rings is 1. The first-order valence-corrected chi connectivity index (χ1v) is 8.01. The maximum atomic E-state index is 13.1. The van der Waals surface area contributed by atoms with E-state index in [0.29, 0.717) is 0 Å². The monoisotopic (exact) mass is 404 g/mol. The molecule has 0 aliphatic heterocycles. The number of hydrogen-bond donors (Lipinski definition) is 1. The molecule has 2 aromatic heterocycles. The van der Waals surface area contributed by atoms with Gasteiger partial charge in [-0.3, -0.25) is 4.57 Å². The van der Waals surface area contributed by atoms with Crippen molar-refractivity contribution in [3.05, 3.63) is 69.1 Å². The summed E-state index contributed by atoms with van der Waals surface area (Å²) < 4.78 is 83.6. The zero-order valence-electron chi connectivity index (χ0n) is 14.6. The lowest BCUT2D eigenvalue weighted by Gasteiger charge is -2.09. The quantitative estimate of drug-likeness (QED) is 0.615.